The molecular weight excluding hydrogens is 285 g/mol. The highest BCUT2D eigenvalue weighted by atomic mass is 32.1. The van der Waals surface area contributed by atoms with Gasteiger partial charge in [0.05, 0.1) is 4.88 Å². The number of fused-ring (bicyclic) bond motifs is 4. The van der Waals surface area contributed by atoms with Gasteiger partial charge in [0.1, 0.15) is 5.82 Å². The molecule has 3 aliphatic heterocycles. The van der Waals surface area contributed by atoms with Crippen molar-refractivity contribution < 1.29 is 9.18 Å². The third-order valence-corrected chi connectivity index (χ3v) is 6.16. The number of benzene rings is 1. The van der Waals surface area contributed by atoms with Crippen molar-refractivity contribution >= 4 is 27.2 Å². The summed E-state index contributed by atoms with van der Waals surface area (Å²) in [6, 6.07) is 6.78. The lowest BCUT2D eigenvalue weighted by Gasteiger charge is -2.44. The molecule has 3 fully saturated rings. The van der Waals surface area contributed by atoms with Crippen molar-refractivity contribution in [1.29, 1.82) is 0 Å². The molecule has 0 unspecified atom stereocenters. The van der Waals surface area contributed by atoms with Crippen molar-refractivity contribution in [2.45, 2.75) is 19.3 Å². The fourth-order valence-corrected chi connectivity index (χ4v) is 4.84. The molecule has 21 heavy (non-hydrogen) atoms. The van der Waals surface area contributed by atoms with E-state index >= 15 is 0 Å². The Bertz CT molecular complexity index is 687. The minimum atomic E-state index is -0.231. The molecule has 0 saturated carbocycles. The number of carbonyl (C=O) groups excluding carboxylic acids is 1. The van der Waals surface area contributed by atoms with Gasteiger partial charge in [0.15, 0.2) is 5.78 Å². The molecule has 4 heteroatoms. The molecule has 1 aromatic heterocycles. The van der Waals surface area contributed by atoms with E-state index in [0.717, 1.165) is 11.2 Å². The Morgan fingerprint density at radius 3 is 2.81 bits per heavy atom. The number of hydrogen-bond donors (Lipinski definition) is 0. The topological polar surface area (TPSA) is 20.3 Å². The number of rotatable bonds is 3. The summed E-state index contributed by atoms with van der Waals surface area (Å²) in [5, 5.41) is 0.583. The van der Waals surface area contributed by atoms with Gasteiger partial charge in [-0.1, -0.05) is 6.07 Å². The highest BCUT2D eigenvalue weighted by Gasteiger charge is 2.35. The van der Waals surface area contributed by atoms with Gasteiger partial charge >= 0.3 is 0 Å². The summed E-state index contributed by atoms with van der Waals surface area (Å²) in [5.41, 5.74) is 0. The second kappa shape index (κ2) is 5.18. The van der Waals surface area contributed by atoms with Gasteiger partial charge in [-0.15, -0.1) is 11.3 Å². The van der Waals surface area contributed by atoms with E-state index in [1.807, 2.05) is 6.07 Å². The van der Waals surface area contributed by atoms with Crippen LogP contribution in [-0.2, 0) is 0 Å². The van der Waals surface area contributed by atoms with Crippen LogP contribution in [0.15, 0.2) is 24.3 Å². The maximum Gasteiger partial charge on any atom is 0.173 e. The van der Waals surface area contributed by atoms with Gasteiger partial charge in [-0.25, -0.2) is 4.39 Å². The molecule has 1 atom stereocenters. The first-order valence-electron chi connectivity index (χ1n) is 7.64. The summed E-state index contributed by atoms with van der Waals surface area (Å²) in [4.78, 5) is 15.7. The maximum absolute atomic E-state index is 13.7. The van der Waals surface area contributed by atoms with Crippen LogP contribution in [-0.4, -0.2) is 30.3 Å². The molecule has 3 aliphatic rings. The first kappa shape index (κ1) is 13.4. The van der Waals surface area contributed by atoms with E-state index in [1.165, 1.54) is 43.3 Å². The third-order valence-electron chi connectivity index (χ3n) is 5.02. The summed E-state index contributed by atoms with van der Waals surface area (Å²) < 4.78 is 14.6. The minimum absolute atomic E-state index is 0.189. The lowest BCUT2D eigenvalue weighted by Crippen LogP contribution is -2.47. The highest BCUT2D eigenvalue weighted by Crippen LogP contribution is 2.36. The van der Waals surface area contributed by atoms with E-state index in [0.29, 0.717) is 28.5 Å². The van der Waals surface area contributed by atoms with Gasteiger partial charge in [-0.2, -0.15) is 0 Å². The van der Waals surface area contributed by atoms with Crippen LogP contribution in [0.1, 0.15) is 28.9 Å². The molecule has 2 bridgehead atoms. The minimum Gasteiger partial charge on any atom is -0.303 e. The Balaban J connectivity index is 1.55. The predicted molar refractivity (Wildman–Crippen MR) is 83.4 cm³/mol. The molecule has 0 radical (unpaired) electrons. The quantitative estimate of drug-likeness (QED) is 0.800. The van der Waals surface area contributed by atoms with Crippen LogP contribution in [0.5, 0.6) is 0 Å². The van der Waals surface area contributed by atoms with E-state index in [-0.39, 0.29) is 11.6 Å². The fraction of sp³-hybridized carbons (Fsp3) is 0.471. The van der Waals surface area contributed by atoms with Gasteiger partial charge in [0, 0.05) is 23.1 Å². The Labute approximate surface area is 127 Å². The van der Waals surface area contributed by atoms with Crippen LogP contribution in [0, 0.1) is 17.7 Å². The normalized spacial score (nSPS) is 28.1. The number of hydrogen-bond acceptors (Lipinski definition) is 3. The number of carbonyl (C=O) groups is 1. The average molecular weight is 303 g/mol. The third kappa shape index (κ3) is 2.40. The molecule has 0 N–H and O–H groups in total. The van der Waals surface area contributed by atoms with E-state index in [4.69, 9.17) is 0 Å². The van der Waals surface area contributed by atoms with Gasteiger partial charge in [-0.3, -0.25) is 4.79 Å². The predicted octanol–water partition coefficient (Wildman–Crippen LogP) is 3.96. The standard InChI is InChI=1S/C17H18FNOS/c18-14-2-1-3-16-13(14)9-17(21-16)15(20)8-12-10-19-6-4-11(12)5-7-19/h1-3,9,11-12H,4-8,10H2/t12-/m1/s1. The zero-order chi connectivity index (χ0) is 14.4. The molecule has 0 spiro atoms. The number of thiophene rings is 1. The molecule has 4 heterocycles. The lowest BCUT2D eigenvalue weighted by molar-refractivity contribution is 0.0442. The SMILES string of the molecule is O=C(C[C@@H]1CN2CCC1CC2)c1cc2c(F)cccc2s1. The Morgan fingerprint density at radius 2 is 2.14 bits per heavy atom. The van der Waals surface area contributed by atoms with E-state index in [1.54, 1.807) is 12.1 Å². The van der Waals surface area contributed by atoms with Crippen LogP contribution in [0.4, 0.5) is 4.39 Å². The number of nitrogens with zero attached hydrogens (tertiary/aromatic N) is 1. The molecule has 110 valence electrons. The zero-order valence-corrected chi connectivity index (χ0v) is 12.7. The Kier molecular flexibility index (Phi) is 3.31. The molecule has 1 aromatic carbocycles. The monoisotopic (exact) mass is 303 g/mol. The molecule has 5 rings (SSSR count). The smallest absolute Gasteiger partial charge is 0.173 e. The van der Waals surface area contributed by atoms with E-state index in [2.05, 4.69) is 4.90 Å². The number of Topliss-reactive ketones (excluding diaryl/α,β-unsaturated/α-hetero) is 1. The first-order chi connectivity index (χ1) is 10.2. The van der Waals surface area contributed by atoms with Crippen LogP contribution in [0.2, 0.25) is 0 Å². The summed E-state index contributed by atoms with van der Waals surface area (Å²) >= 11 is 1.43. The van der Waals surface area contributed by atoms with E-state index < -0.39 is 0 Å². The summed E-state index contributed by atoms with van der Waals surface area (Å²) in [5.74, 6) is 1.17. The van der Waals surface area contributed by atoms with Gasteiger partial charge < -0.3 is 4.90 Å². The Morgan fingerprint density at radius 1 is 1.33 bits per heavy atom. The number of ketones is 1. The second-order valence-corrected chi connectivity index (χ2v) is 7.37. The van der Waals surface area contributed by atoms with Gasteiger partial charge in [0.2, 0.25) is 0 Å². The average Bonchev–Trinajstić information content (AvgIpc) is 2.94. The maximum atomic E-state index is 13.7. The largest absolute Gasteiger partial charge is 0.303 e. The van der Waals surface area contributed by atoms with Gasteiger partial charge in [-0.05, 0) is 56.0 Å². The second-order valence-electron chi connectivity index (χ2n) is 6.29. The van der Waals surface area contributed by atoms with Crippen molar-refractivity contribution in [3.8, 4) is 0 Å². The van der Waals surface area contributed by atoms with Crippen LogP contribution in [0.3, 0.4) is 0 Å². The van der Waals surface area contributed by atoms with Crippen LogP contribution < -0.4 is 0 Å². The molecule has 2 nitrogen and oxygen atoms in total. The molecule has 0 amide bonds. The summed E-state index contributed by atoms with van der Waals surface area (Å²) in [6.07, 6.45) is 3.09. The fourth-order valence-electron chi connectivity index (χ4n) is 3.82. The molecule has 2 aromatic rings. The van der Waals surface area contributed by atoms with Crippen LogP contribution >= 0.6 is 11.3 Å². The number of halogens is 1. The molecular formula is C17H18FNOS. The molecule has 0 aliphatic carbocycles. The number of piperidine rings is 3. The molecule has 3 saturated heterocycles. The van der Waals surface area contributed by atoms with Crippen molar-refractivity contribution in [2.24, 2.45) is 11.8 Å². The summed E-state index contributed by atoms with van der Waals surface area (Å²) in [7, 11) is 0. The van der Waals surface area contributed by atoms with Crippen molar-refractivity contribution in [3.05, 3.63) is 35.0 Å². The Hall–Kier alpha value is -1.26. The summed E-state index contributed by atoms with van der Waals surface area (Å²) in [6.45, 7) is 3.46. The highest BCUT2D eigenvalue weighted by molar-refractivity contribution is 7.20. The van der Waals surface area contributed by atoms with Crippen molar-refractivity contribution in [2.75, 3.05) is 19.6 Å². The van der Waals surface area contributed by atoms with Crippen molar-refractivity contribution in [3.63, 3.8) is 0 Å². The lowest BCUT2D eigenvalue weighted by atomic mass is 9.76. The first-order valence-corrected chi connectivity index (χ1v) is 8.46. The van der Waals surface area contributed by atoms with Gasteiger partial charge in [0.25, 0.3) is 0 Å². The van der Waals surface area contributed by atoms with Crippen molar-refractivity contribution in [1.82, 2.24) is 4.90 Å². The zero-order valence-electron chi connectivity index (χ0n) is 11.8. The van der Waals surface area contributed by atoms with E-state index in [9.17, 15) is 9.18 Å². The van der Waals surface area contributed by atoms with Crippen LogP contribution in [0.25, 0.3) is 10.1 Å².